The number of rotatable bonds is 7. The number of aryl methyl sites for hydroxylation is 1. The summed E-state index contributed by atoms with van der Waals surface area (Å²) in [5.41, 5.74) is 1.44. The molecule has 2 aromatic carbocycles. The fourth-order valence-electron chi connectivity index (χ4n) is 3.63. The number of anilines is 1. The maximum absolute atomic E-state index is 13.4. The van der Waals surface area contributed by atoms with Gasteiger partial charge in [-0.3, -0.25) is 9.10 Å². The molecule has 1 aliphatic heterocycles. The van der Waals surface area contributed by atoms with Gasteiger partial charge in [-0.2, -0.15) is 0 Å². The topological polar surface area (TPSA) is 69.7 Å². The zero-order chi connectivity index (χ0) is 20.9. The number of likely N-dealkylation sites (tertiary alicyclic amines) is 1. The Balaban J connectivity index is 1.88. The van der Waals surface area contributed by atoms with Crippen LogP contribution in [0, 0.1) is 0 Å². The first-order valence-electron chi connectivity index (χ1n) is 10.1. The zero-order valence-electron chi connectivity index (χ0n) is 17.0. The molecule has 0 radical (unpaired) electrons. The first kappa shape index (κ1) is 21.3. The minimum absolute atomic E-state index is 0.0846. The van der Waals surface area contributed by atoms with Crippen molar-refractivity contribution in [3.8, 4) is 0 Å². The molecule has 1 heterocycles. The van der Waals surface area contributed by atoms with Crippen LogP contribution in [0.3, 0.4) is 0 Å². The monoisotopic (exact) mass is 415 g/mol. The van der Waals surface area contributed by atoms with Crippen molar-refractivity contribution in [2.75, 3.05) is 31.0 Å². The van der Waals surface area contributed by atoms with Crippen LogP contribution < -0.4 is 9.62 Å². The highest BCUT2D eigenvalue weighted by atomic mass is 32.2. The molecule has 6 nitrogen and oxygen atoms in total. The highest BCUT2D eigenvalue weighted by Gasteiger charge is 2.29. The number of benzene rings is 2. The minimum atomic E-state index is -3.87. The predicted molar refractivity (Wildman–Crippen MR) is 115 cm³/mol. The van der Waals surface area contributed by atoms with Gasteiger partial charge in [-0.1, -0.05) is 43.3 Å². The summed E-state index contributed by atoms with van der Waals surface area (Å²) >= 11 is 0. The SMILES string of the molecule is CCc1ccccc1N(CC(=O)NC1CCN(C)CC1)S(=O)(=O)c1ccccc1. The lowest BCUT2D eigenvalue weighted by Crippen LogP contribution is -2.48. The lowest BCUT2D eigenvalue weighted by atomic mass is 10.1. The molecular formula is C22H29N3O3S. The van der Waals surface area contributed by atoms with Crippen LogP contribution in [-0.4, -0.2) is 51.9 Å². The second kappa shape index (κ2) is 9.41. The lowest BCUT2D eigenvalue weighted by Gasteiger charge is -2.31. The number of carbonyl (C=O) groups excluding carboxylic acids is 1. The molecule has 0 aliphatic carbocycles. The molecule has 0 unspecified atom stereocenters. The van der Waals surface area contributed by atoms with E-state index in [1.807, 2.05) is 19.1 Å². The highest BCUT2D eigenvalue weighted by molar-refractivity contribution is 7.92. The van der Waals surface area contributed by atoms with Gasteiger partial charge in [-0.25, -0.2) is 8.42 Å². The van der Waals surface area contributed by atoms with Gasteiger partial charge in [0.25, 0.3) is 10.0 Å². The number of carbonyl (C=O) groups is 1. The number of sulfonamides is 1. The van der Waals surface area contributed by atoms with E-state index in [4.69, 9.17) is 0 Å². The average molecular weight is 416 g/mol. The smallest absolute Gasteiger partial charge is 0.264 e. The predicted octanol–water partition coefficient (Wildman–Crippen LogP) is 2.65. The molecule has 0 bridgehead atoms. The Kier molecular flexibility index (Phi) is 6.92. The van der Waals surface area contributed by atoms with Crippen molar-refractivity contribution in [3.05, 3.63) is 60.2 Å². The third-order valence-electron chi connectivity index (χ3n) is 5.34. The molecule has 3 rings (SSSR count). The molecule has 7 heteroatoms. The van der Waals surface area contributed by atoms with E-state index in [2.05, 4.69) is 17.3 Å². The van der Waals surface area contributed by atoms with Gasteiger partial charge < -0.3 is 10.2 Å². The van der Waals surface area contributed by atoms with Gasteiger partial charge >= 0.3 is 0 Å². The number of hydrogen-bond donors (Lipinski definition) is 1. The van der Waals surface area contributed by atoms with Gasteiger partial charge in [-0.05, 0) is 63.2 Å². The molecule has 2 aromatic rings. The largest absolute Gasteiger partial charge is 0.352 e. The molecule has 0 aromatic heterocycles. The van der Waals surface area contributed by atoms with Gasteiger partial charge in [0, 0.05) is 6.04 Å². The van der Waals surface area contributed by atoms with E-state index < -0.39 is 10.0 Å². The van der Waals surface area contributed by atoms with Crippen molar-refractivity contribution in [2.45, 2.75) is 37.1 Å². The van der Waals surface area contributed by atoms with Crippen LogP contribution in [-0.2, 0) is 21.2 Å². The summed E-state index contributed by atoms with van der Waals surface area (Å²) in [6.45, 7) is 3.59. The lowest BCUT2D eigenvalue weighted by molar-refractivity contribution is -0.120. The molecule has 0 atom stereocenters. The van der Waals surface area contributed by atoms with Crippen molar-refractivity contribution < 1.29 is 13.2 Å². The van der Waals surface area contributed by atoms with Gasteiger partial charge in [-0.15, -0.1) is 0 Å². The Hall–Kier alpha value is -2.38. The number of hydrogen-bond acceptors (Lipinski definition) is 4. The molecular weight excluding hydrogens is 386 g/mol. The second-order valence-electron chi connectivity index (χ2n) is 7.45. The van der Waals surface area contributed by atoms with Crippen LogP contribution >= 0.6 is 0 Å². The van der Waals surface area contributed by atoms with E-state index in [1.54, 1.807) is 42.5 Å². The summed E-state index contributed by atoms with van der Waals surface area (Å²) in [6.07, 6.45) is 2.42. The third kappa shape index (κ3) is 5.16. The number of amides is 1. The van der Waals surface area contributed by atoms with Crippen molar-refractivity contribution in [3.63, 3.8) is 0 Å². The van der Waals surface area contributed by atoms with Crippen molar-refractivity contribution in [2.24, 2.45) is 0 Å². The zero-order valence-corrected chi connectivity index (χ0v) is 17.9. The molecule has 1 fully saturated rings. The standard InChI is InChI=1S/C22H29N3O3S/c1-3-18-9-7-8-12-21(18)25(29(27,28)20-10-5-4-6-11-20)17-22(26)23-19-13-15-24(2)16-14-19/h4-12,19H,3,13-17H2,1-2H3,(H,23,26). The first-order valence-corrected chi connectivity index (χ1v) is 11.5. The van der Waals surface area contributed by atoms with Crippen LogP contribution in [0.15, 0.2) is 59.5 Å². The summed E-state index contributed by atoms with van der Waals surface area (Å²) < 4.78 is 28.1. The van der Waals surface area contributed by atoms with E-state index in [0.717, 1.165) is 31.5 Å². The molecule has 1 amide bonds. The van der Waals surface area contributed by atoms with Gasteiger partial charge in [0.05, 0.1) is 10.6 Å². The van der Waals surface area contributed by atoms with Crippen molar-refractivity contribution in [1.82, 2.24) is 10.2 Å². The number of piperidine rings is 1. The van der Waals surface area contributed by atoms with E-state index in [9.17, 15) is 13.2 Å². The summed E-state index contributed by atoms with van der Waals surface area (Å²) in [4.78, 5) is 15.2. The second-order valence-corrected chi connectivity index (χ2v) is 9.31. The molecule has 1 aliphatic rings. The Bertz CT molecular complexity index is 923. The van der Waals surface area contributed by atoms with Gasteiger partial charge in [0.1, 0.15) is 6.54 Å². The Morgan fingerprint density at radius 1 is 1.07 bits per heavy atom. The fraction of sp³-hybridized carbons (Fsp3) is 0.409. The molecule has 0 saturated carbocycles. The maximum atomic E-state index is 13.4. The van der Waals surface area contributed by atoms with Gasteiger partial charge in [0.15, 0.2) is 0 Å². The summed E-state index contributed by atoms with van der Waals surface area (Å²) in [6, 6.07) is 15.7. The molecule has 29 heavy (non-hydrogen) atoms. The summed E-state index contributed by atoms with van der Waals surface area (Å²) in [5.74, 6) is -0.273. The van der Waals surface area contributed by atoms with Crippen LogP contribution in [0.4, 0.5) is 5.69 Å². The highest BCUT2D eigenvalue weighted by Crippen LogP contribution is 2.27. The Morgan fingerprint density at radius 3 is 2.34 bits per heavy atom. The van der Waals surface area contributed by atoms with E-state index >= 15 is 0 Å². The average Bonchev–Trinajstić information content (AvgIpc) is 2.74. The number of para-hydroxylation sites is 1. The molecule has 156 valence electrons. The third-order valence-corrected chi connectivity index (χ3v) is 7.12. The Labute approximate surface area is 173 Å². The molecule has 0 spiro atoms. The quantitative estimate of drug-likeness (QED) is 0.755. The Morgan fingerprint density at radius 2 is 1.69 bits per heavy atom. The minimum Gasteiger partial charge on any atom is -0.352 e. The first-order chi connectivity index (χ1) is 13.9. The van der Waals surface area contributed by atoms with E-state index in [-0.39, 0.29) is 23.4 Å². The van der Waals surface area contributed by atoms with Crippen LogP contribution in [0.2, 0.25) is 0 Å². The van der Waals surface area contributed by atoms with E-state index in [1.165, 1.54) is 4.31 Å². The van der Waals surface area contributed by atoms with Crippen LogP contribution in [0.5, 0.6) is 0 Å². The number of nitrogens with zero attached hydrogens (tertiary/aromatic N) is 2. The summed E-state index contributed by atoms with van der Waals surface area (Å²) in [7, 11) is -1.80. The van der Waals surface area contributed by atoms with Gasteiger partial charge in [0.2, 0.25) is 5.91 Å². The molecule has 1 N–H and O–H groups in total. The fourth-order valence-corrected chi connectivity index (χ4v) is 5.11. The summed E-state index contributed by atoms with van der Waals surface area (Å²) in [5, 5.41) is 3.03. The van der Waals surface area contributed by atoms with Crippen molar-refractivity contribution >= 4 is 21.6 Å². The molecule has 1 saturated heterocycles. The van der Waals surface area contributed by atoms with Crippen LogP contribution in [0.25, 0.3) is 0 Å². The van der Waals surface area contributed by atoms with E-state index in [0.29, 0.717) is 12.1 Å². The number of nitrogens with one attached hydrogen (secondary N) is 1. The maximum Gasteiger partial charge on any atom is 0.264 e. The van der Waals surface area contributed by atoms with Crippen molar-refractivity contribution in [1.29, 1.82) is 0 Å². The normalized spacial score (nSPS) is 15.8. The van der Waals surface area contributed by atoms with Crippen LogP contribution in [0.1, 0.15) is 25.3 Å².